The Labute approximate surface area is 185 Å². The van der Waals surface area contributed by atoms with E-state index in [0.717, 1.165) is 16.8 Å². The van der Waals surface area contributed by atoms with E-state index in [0.29, 0.717) is 27.0 Å². The lowest BCUT2D eigenvalue weighted by atomic mass is 10.0. The summed E-state index contributed by atoms with van der Waals surface area (Å²) in [6, 6.07) is 10.7. The molecular formula is C23H26N4O3S. The second-order valence-corrected chi connectivity index (χ2v) is 8.53. The Bertz CT molecular complexity index is 1100. The highest BCUT2D eigenvalue weighted by molar-refractivity contribution is 7.16. The number of rotatable bonds is 6. The summed E-state index contributed by atoms with van der Waals surface area (Å²) in [5.74, 6) is -0.492. The number of carbonyl (C=O) groups is 2. The number of aryl methyl sites for hydroxylation is 4. The number of hydrogen-bond donors (Lipinski definition) is 4. The van der Waals surface area contributed by atoms with Crippen LogP contribution in [0.1, 0.15) is 50.8 Å². The maximum Gasteiger partial charge on any atom is 0.257 e. The van der Waals surface area contributed by atoms with Crippen molar-refractivity contribution < 1.29 is 14.7 Å². The number of carbonyl (C=O) groups excluding carboxylic acids is 2. The molecule has 1 atom stereocenters. The number of benzene rings is 2. The summed E-state index contributed by atoms with van der Waals surface area (Å²) in [5.41, 5.74) is 5.85. The van der Waals surface area contributed by atoms with Crippen molar-refractivity contribution in [3.05, 3.63) is 69.2 Å². The predicted molar refractivity (Wildman–Crippen MR) is 125 cm³/mol. The van der Waals surface area contributed by atoms with Gasteiger partial charge < -0.3 is 15.7 Å². The largest absolute Gasteiger partial charge is 0.369 e. The lowest BCUT2D eigenvalue weighted by Crippen LogP contribution is -2.12. The molecule has 7 nitrogen and oxygen atoms in total. The Hall–Kier alpha value is -3.23. The van der Waals surface area contributed by atoms with Crippen LogP contribution in [0.5, 0.6) is 0 Å². The number of amides is 2. The summed E-state index contributed by atoms with van der Waals surface area (Å²) in [7, 11) is 0. The Morgan fingerprint density at radius 1 is 1.00 bits per heavy atom. The number of aliphatic hydroxyl groups excluding tert-OH is 1. The Morgan fingerprint density at radius 3 is 2.19 bits per heavy atom. The smallest absolute Gasteiger partial charge is 0.257 e. The molecule has 1 aromatic heterocycles. The Morgan fingerprint density at radius 2 is 1.61 bits per heavy atom. The van der Waals surface area contributed by atoms with Crippen molar-refractivity contribution in [3.63, 3.8) is 0 Å². The van der Waals surface area contributed by atoms with Gasteiger partial charge in [-0.15, -0.1) is 0 Å². The first-order valence-electron chi connectivity index (χ1n) is 9.83. The van der Waals surface area contributed by atoms with Gasteiger partial charge in [0, 0.05) is 23.9 Å². The number of thiazole rings is 1. The maximum atomic E-state index is 12.5. The van der Waals surface area contributed by atoms with E-state index in [9.17, 15) is 14.7 Å². The van der Waals surface area contributed by atoms with E-state index in [-0.39, 0.29) is 11.8 Å². The molecule has 2 amide bonds. The van der Waals surface area contributed by atoms with Crippen molar-refractivity contribution in [1.82, 2.24) is 4.98 Å². The maximum absolute atomic E-state index is 12.5. The number of nitrogens with one attached hydrogen (secondary N) is 3. The molecule has 31 heavy (non-hydrogen) atoms. The van der Waals surface area contributed by atoms with Crippen LogP contribution in [0, 0.1) is 27.7 Å². The lowest BCUT2D eigenvalue weighted by molar-refractivity contribution is -0.114. The van der Waals surface area contributed by atoms with Gasteiger partial charge in [-0.3, -0.25) is 14.9 Å². The van der Waals surface area contributed by atoms with E-state index in [1.54, 1.807) is 31.2 Å². The molecule has 3 rings (SSSR count). The van der Waals surface area contributed by atoms with Gasteiger partial charge in [-0.2, -0.15) is 0 Å². The molecule has 1 heterocycles. The molecule has 3 aromatic rings. The SMILES string of the molecule is CC(=O)Nc1ccc(C(=O)Nc2nc(C)c(C(O)Nc3c(C)cc(C)cc3C)s2)cc1. The molecule has 0 aliphatic heterocycles. The number of aliphatic hydroxyl groups is 1. The zero-order valence-corrected chi connectivity index (χ0v) is 19.0. The lowest BCUT2D eigenvalue weighted by Gasteiger charge is -2.18. The number of hydrogen-bond acceptors (Lipinski definition) is 6. The second kappa shape index (κ2) is 9.28. The minimum absolute atomic E-state index is 0.175. The van der Waals surface area contributed by atoms with Crippen LogP contribution in [-0.4, -0.2) is 21.9 Å². The third-order valence-electron chi connectivity index (χ3n) is 4.73. The summed E-state index contributed by atoms with van der Waals surface area (Å²) < 4.78 is 0. The van der Waals surface area contributed by atoms with Crippen molar-refractivity contribution in [1.29, 1.82) is 0 Å². The molecule has 0 radical (unpaired) electrons. The van der Waals surface area contributed by atoms with Gasteiger partial charge in [-0.05, 0) is 63.1 Å². The fourth-order valence-electron chi connectivity index (χ4n) is 3.40. The van der Waals surface area contributed by atoms with E-state index in [1.807, 2.05) is 20.8 Å². The van der Waals surface area contributed by atoms with Gasteiger partial charge in [0.15, 0.2) is 11.4 Å². The fraction of sp³-hybridized carbons (Fsp3) is 0.261. The van der Waals surface area contributed by atoms with Crippen molar-refractivity contribution >= 4 is 39.7 Å². The Kier molecular flexibility index (Phi) is 6.72. The molecule has 0 spiro atoms. The van der Waals surface area contributed by atoms with Crippen LogP contribution in [-0.2, 0) is 4.79 Å². The molecule has 0 aliphatic carbocycles. The van der Waals surface area contributed by atoms with Gasteiger partial charge in [0.05, 0.1) is 10.6 Å². The first-order chi connectivity index (χ1) is 14.6. The average Bonchev–Trinajstić information content (AvgIpc) is 3.04. The number of nitrogens with zero attached hydrogens (tertiary/aromatic N) is 1. The van der Waals surface area contributed by atoms with Crippen molar-refractivity contribution in [2.45, 2.75) is 40.8 Å². The van der Waals surface area contributed by atoms with E-state index in [2.05, 4.69) is 33.1 Å². The number of aromatic nitrogens is 1. The number of anilines is 3. The van der Waals surface area contributed by atoms with E-state index in [1.165, 1.54) is 23.8 Å². The highest BCUT2D eigenvalue weighted by atomic mass is 32.1. The summed E-state index contributed by atoms with van der Waals surface area (Å²) in [5, 5.41) is 19.7. The van der Waals surface area contributed by atoms with E-state index < -0.39 is 6.23 Å². The molecular weight excluding hydrogens is 412 g/mol. The fourth-order valence-corrected chi connectivity index (χ4v) is 4.30. The highest BCUT2D eigenvalue weighted by Gasteiger charge is 2.19. The zero-order valence-electron chi connectivity index (χ0n) is 18.2. The summed E-state index contributed by atoms with van der Waals surface area (Å²) in [6.45, 7) is 9.25. The first kappa shape index (κ1) is 22.5. The molecule has 8 heteroatoms. The van der Waals surface area contributed by atoms with Gasteiger partial charge in [0.25, 0.3) is 5.91 Å². The molecule has 0 saturated carbocycles. The monoisotopic (exact) mass is 438 g/mol. The Balaban J connectivity index is 1.72. The zero-order chi connectivity index (χ0) is 22.7. The predicted octanol–water partition coefficient (Wildman–Crippen LogP) is 4.69. The van der Waals surface area contributed by atoms with Crippen LogP contribution < -0.4 is 16.0 Å². The molecule has 0 aliphatic rings. The minimum atomic E-state index is -0.944. The topological polar surface area (TPSA) is 103 Å². The minimum Gasteiger partial charge on any atom is -0.369 e. The van der Waals surface area contributed by atoms with Crippen LogP contribution in [0.15, 0.2) is 36.4 Å². The van der Waals surface area contributed by atoms with Gasteiger partial charge in [-0.1, -0.05) is 29.0 Å². The van der Waals surface area contributed by atoms with Crippen LogP contribution >= 0.6 is 11.3 Å². The average molecular weight is 439 g/mol. The summed E-state index contributed by atoms with van der Waals surface area (Å²) in [4.78, 5) is 28.7. The third-order valence-corrected chi connectivity index (χ3v) is 5.85. The molecule has 0 saturated heterocycles. The van der Waals surface area contributed by atoms with Crippen molar-refractivity contribution in [2.24, 2.45) is 0 Å². The second-order valence-electron chi connectivity index (χ2n) is 7.50. The van der Waals surface area contributed by atoms with Gasteiger partial charge >= 0.3 is 0 Å². The van der Waals surface area contributed by atoms with E-state index >= 15 is 0 Å². The summed E-state index contributed by atoms with van der Waals surface area (Å²) >= 11 is 1.22. The van der Waals surface area contributed by atoms with Crippen molar-refractivity contribution in [3.8, 4) is 0 Å². The molecule has 162 valence electrons. The molecule has 0 fully saturated rings. The standard InChI is InChI=1S/C23H26N4O3S/c1-12-10-13(2)19(14(3)11-12)26-22(30)20-15(4)24-23(31-20)27-21(29)17-6-8-18(9-7-17)25-16(5)28/h6-11,22,26,30H,1-5H3,(H,25,28)(H,24,27,29). The van der Waals surface area contributed by atoms with Gasteiger partial charge in [0.1, 0.15) is 0 Å². The molecule has 1 unspecified atom stereocenters. The molecule has 0 bridgehead atoms. The van der Waals surface area contributed by atoms with Crippen LogP contribution in [0.25, 0.3) is 0 Å². The third kappa shape index (κ3) is 5.48. The van der Waals surface area contributed by atoms with E-state index in [4.69, 9.17) is 0 Å². The summed E-state index contributed by atoms with van der Waals surface area (Å²) in [6.07, 6.45) is -0.944. The van der Waals surface area contributed by atoms with Crippen LogP contribution in [0.4, 0.5) is 16.5 Å². The van der Waals surface area contributed by atoms with Crippen molar-refractivity contribution in [2.75, 3.05) is 16.0 Å². The normalized spacial score (nSPS) is 11.7. The molecule has 4 N–H and O–H groups in total. The molecule has 2 aromatic carbocycles. The van der Waals surface area contributed by atoms with Crippen LogP contribution in [0.2, 0.25) is 0 Å². The quantitative estimate of drug-likeness (QED) is 0.418. The van der Waals surface area contributed by atoms with Crippen LogP contribution in [0.3, 0.4) is 0 Å². The van der Waals surface area contributed by atoms with Gasteiger partial charge in [0.2, 0.25) is 5.91 Å². The highest BCUT2D eigenvalue weighted by Crippen LogP contribution is 2.32. The van der Waals surface area contributed by atoms with Gasteiger partial charge in [-0.25, -0.2) is 4.98 Å². The first-order valence-corrected chi connectivity index (χ1v) is 10.6.